The summed E-state index contributed by atoms with van der Waals surface area (Å²) < 4.78 is 13.7. The minimum absolute atomic E-state index is 0.0244. The van der Waals surface area contributed by atoms with Crippen LogP contribution in [0.4, 0.5) is 4.39 Å². The van der Waals surface area contributed by atoms with Crippen molar-refractivity contribution in [3.05, 3.63) is 34.6 Å². The fraction of sp³-hybridized carbons (Fsp3) is 0.500. The lowest BCUT2D eigenvalue weighted by molar-refractivity contribution is 0.387. The highest BCUT2D eigenvalue weighted by Gasteiger charge is 2.21. The molecule has 0 aliphatic carbocycles. The summed E-state index contributed by atoms with van der Waals surface area (Å²) in [6, 6.07) is 4.79. The van der Waals surface area contributed by atoms with Crippen LogP contribution in [0.25, 0.3) is 0 Å². The van der Waals surface area contributed by atoms with Crippen molar-refractivity contribution in [1.82, 2.24) is 5.32 Å². The molecule has 0 spiro atoms. The fourth-order valence-electron chi connectivity index (χ4n) is 1.76. The Balaban J connectivity index is 3.11. The maximum atomic E-state index is 13.7. The number of rotatable bonds is 4. The van der Waals surface area contributed by atoms with E-state index in [-0.39, 0.29) is 11.9 Å². The van der Waals surface area contributed by atoms with Crippen molar-refractivity contribution in [2.24, 2.45) is 5.92 Å². The second-order valence-corrected chi connectivity index (χ2v) is 4.19. The molecule has 1 rings (SSSR count). The molecule has 0 aliphatic rings. The first-order valence-electron chi connectivity index (χ1n) is 5.23. The van der Waals surface area contributed by atoms with E-state index in [1.165, 1.54) is 6.07 Å². The summed E-state index contributed by atoms with van der Waals surface area (Å²) in [6.45, 7) is 4.17. The van der Waals surface area contributed by atoms with Crippen LogP contribution in [0.1, 0.15) is 31.9 Å². The molecule has 0 saturated carbocycles. The van der Waals surface area contributed by atoms with Crippen LogP contribution in [0.5, 0.6) is 0 Å². The van der Waals surface area contributed by atoms with Crippen LogP contribution < -0.4 is 5.32 Å². The first kappa shape index (κ1) is 12.5. The standard InChI is InChI=1S/C12H17ClFN/c1-4-8(2)12(15-3)11-9(13)6-5-7-10(11)14/h5-8,12,15H,4H2,1-3H3. The molecule has 0 heterocycles. The van der Waals surface area contributed by atoms with Crippen LogP contribution in [-0.2, 0) is 0 Å². The SMILES string of the molecule is CCC(C)C(NC)c1c(F)cccc1Cl. The van der Waals surface area contributed by atoms with Crippen molar-refractivity contribution in [3.63, 3.8) is 0 Å². The molecule has 1 N–H and O–H groups in total. The maximum absolute atomic E-state index is 13.7. The molecule has 2 unspecified atom stereocenters. The van der Waals surface area contributed by atoms with E-state index in [9.17, 15) is 4.39 Å². The van der Waals surface area contributed by atoms with Crippen LogP contribution in [0.3, 0.4) is 0 Å². The third kappa shape index (κ3) is 2.70. The van der Waals surface area contributed by atoms with Gasteiger partial charge in [-0.1, -0.05) is 37.9 Å². The lowest BCUT2D eigenvalue weighted by Gasteiger charge is -2.24. The minimum Gasteiger partial charge on any atom is -0.313 e. The third-order valence-electron chi connectivity index (χ3n) is 2.83. The Morgan fingerprint density at radius 1 is 1.47 bits per heavy atom. The van der Waals surface area contributed by atoms with Gasteiger partial charge in [-0.25, -0.2) is 4.39 Å². The van der Waals surface area contributed by atoms with Gasteiger partial charge in [0, 0.05) is 16.6 Å². The number of nitrogens with one attached hydrogen (secondary N) is 1. The predicted molar refractivity (Wildman–Crippen MR) is 62.7 cm³/mol. The summed E-state index contributed by atoms with van der Waals surface area (Å²) in [5, 5.41) is 3.62. The number of halogens is 2. The number of hydrogen-bond acceptors (Lipinski definition) is 1. The molecule has 0 aromatic heterocycles. The van der Waals surface area contributed by atoms with Gasteiger partial charge >= 0.3 is 0 Å². The van der Waals surface area contributed by atoms with E-state index in [1.807, 2.05) is 7.05 Å². The molecule has 0 saturated heterocycles. The van der Waals surface area contributed by atoms with E-state index in [0.717, 1.165) is 6.42 Å². The highest BCUT2D eigenvalue weighted by Crippen LogP contribution is 2.31. The Kier molecular flexibility index (Phi) is 4.55. The number of hydrogen-bond donors (Lipinski definition) is 1. The normalized spacial score (nSPS) is 15.0. The van der Waals surface area contributed by atoms with Gasteiger partial charge in [0.2, 0.25) is 0 Å². The zero-order valence-electron chi connectivity index (χ0n) is 9.35. The molecule has 3 heteroatoms. The molecule has 15 heavy (non-hydrogen) atoms. The largest absolute Gasteiger partial charge is 0.313 e. The highest BCUT2D eigenvalue weighted by molar-refractivity contribution is 6.31. The van der Waals surface area contributed by atoms with Gasteiger partial charge in [-0.15, -0.1) is 0 Å². The first-order valence-corrected chi connectivity index (χ1v) is 5.60. The molecule has 84 valence electrons. The molecule has 0 amide bonds. The minimum atomic E-state index is -0.234. The average molecular weight is 230 g/mol. The summed E-state index contributed by atoms with van der Waals surface area (Å²) in [5.41, 5.74) is 0.580. The van der Waals surface area contributed by atoms with Crippen LogP contribution in [0.15, 0.2) is 18.2 Å². The molecule has 0 bridgehead atoms. The highest BCUT2D eigenvalue weighted by atomic mass is 35.5. The van der Waals surface area contributed by atoms with Crippen molar-refractivity contribution >= 4 is 11.6 Å². The molecule has 0 radical (unpaired) electrons. The zero-order chi connectivity index (χ0) is 11.4. The Morgan fingerprint density at radius 2 is 2.13 bits per heavy atom. The lowest BCUT2D eigenvalue weighted by atomic mass is 9.92. The summed E-state index contributed by atoms with van der Waals surface area (Å²) in [6.07, 6.45) is 0.982. The van der Waals surface area contributed by atoms with Crippen molar-refractivity contribution in [3.8, 4) is 0 Å². The van der Waals surface area contributed by atoms with E-state index in [2.05, 4.69) is 19.2 Å². The molecular weight excluding hydrogens is 213 g/mol. The Morgan fingerprint density at radius 3 is 2.60 bits per heavy atom. The van der Waals surface area contributed by atoms with E-state index in [4.69, 9.17) is 11.6 Å². The van der Waals surface area contributed by atoms with Gasteiger partial charge in [0.25, 0.3) is 0 Å². The van der Waals surface area contributed by atoms with E-state index < -0.39 is 0 Å². The Bertz CT molecular complexity index is 307. The second kappa shape index (κ2) is 5.47. The molecule has 2 atom stereocenters. The van der Waals surface area contributed by atoms with Crippen molar-refractivity contribution < 1.29 is 4.39 Å². The van der Waals surface area contributed by atoms with Crippen molar-refractivity contribution in [2.75, 3.05) is 7.05 Å². The predicted octanol–water partition coefficient (Wildman–Crippen LogP) is 3.79. The van der Waals surface area contributed by atoms with E-state index in [0.29, 0.717) is 16.5 Å². The quantitative estimate of drug-likeness (QED) is 0.829. The molecule has 1 nitrogen and oxygen atoms in total. The van der Waals surface area contributed by atoms with Crippen LogP contribution in [0.2, 0.25) is 5.02 Å². The summed E-state index contributed by atoms with van der Waals surface area (Å²) in [5.74, 6) is 0.117. The van der Waals surface area contributed by atoms with Crippen molar-refractivity contribution in [1.29, 1.82) is 0 Å². The molecule has 0 fully saturated rings. The van der Waals surface area contributed by atoms with E-state index >= 15 is 0 Å². The number of benzene rings is 1. The van der Waals surface area contributed by atoms with Crippen LogP contribution >= 0.6 is 11.6 Å². The lowest BCUT2D eigenvalue weighted by Crippen LogP contribution is -2.24. The average Bonchev–Trinajstić information content (AvgIpc) is 2.22. The van der Waals surface area contributed by atoms with Gasteiger partial charge in [-0.3, -0.25) is 0 Å². The van der Waals surface area contributed by atoms with Gasteiger partial charge in [0.05, 0.1) is 0 Å². The topological polar surface area (TPSA) is 12.0 Å². The van der Waals surface area contributed by atoms with E-state index in [1.54, 1.807) is 12.1 Å². The monoisotopic (exact) mass is 229 g/mol. The Hall–Kier alpha value is -0.600. The first-order chi connectivity index (χ1) is 7.11. The van der Waals surface area contributed by atoms with Crippen molar-refractivity contribution in [2.45, 2.75) is 26.3 Å². The van der Waals surface area contributed by atoms with Gasteiger partial charge in [-0.05, 0) is 25.1 Å². The van der Waals surface area contributed by atoms with Gasteiger partial charge in [-0.2, -0.15) is 0 Å². The summed E-state index contributed by atoms with van der Waals surface area (Å²) in [4.78, 5) is 0. The summed E-state index contributed by atoms with van der Waals surface area (Å²) in [7, 11) is 1.83. The Labute approximate surface area is 95.6 Å². The maximum Gasteiger partial charge on any atom is 0.129 e. The molecule has 1 aromatic rings. The van der Waals surface area contributed by atoms with Crippen LogP contribution in [-0.4, -0.2) is 7.05 Å². The second-order valence-electron chi connectivity index (χ2n) is 3.79. The van der Waals surface area contributed by atoms with Crippen LogP contribution in [0, 0.1) is 11.7 Å². The van der Waals surface area contributed by atoms with Gasteiger partial charge in [0.1, 0.15) is 5.82 Å². The smallest absolute Gasteiger partial charge is 0.129 e. The molecular formula is C12H17ClFN. The van der Waals surface area contributed by atoms with Gasteiger partial charge in [0.15, 0.2) is 0 Å². The molecule has 0 aliphatic heterocycles. The summed E-state index contributed by atoms with van der Waals surface area (Å²) >= 11 is 6.02. The molecule has 1 aromatic carbocycles. The fourth-order valence-corrected chi connectivity index (χ4v) is 2.04. The zero-order valence-corrected chi connectivity index (χ0v) is 10.1. The van der Waals surface area contributed by atoms with Gasteiger partial charge < -0.3 is 5.32 Å². The third-order valence-corrected chi connectivity index (χ3v) is 3.16.